The molecule has 3 nitrogen and oxygen atoms in total. The molecule has 0 saturated carbocycles. The topological polar surface area (TPSA) is 41.3 Å². The van der Waals surface area contributed by atoms with E-state index in [0.717, 1.165) is 12.6 Å². The van der Waals surface area contributed by atoms with E-state index in [0.29, 0.717) is 12.1 Å². The smallest absolute Gasteiger partial charge is 0.0250 e. The van der Waals surface area contributed by atoms with Crippen molar-refractivity contribution in [2.45, 2.75) is 44.3 Å². The van der Waals surface area contributed by atoms with Crippen molar-refractivity contribution in [3.8, 4) is 0 Å². The first kappa shape index (κ1) is 9.44. The highest BCUT2D eigenvalue weighted by Gasteiger charge is 2.37. The van der Waals surface area contributed by atoms with Crippen molar-refractivity contribution in [1.82, 2.24) is 10.2 Å². The molecule has 2 aliphatic rings. The second-order valence-electron chi connectivity index (χ2n) is 4.44. The molecule has 0 aromatic carbocycles. The Bertz CT molecular complexity index is 172. The van der Waals surface area contributed by atoms with Crippen LogP contribution in [0.15, 0.2) is 0 Å². The Kier molecular flexibility index (Phi) is 2.86. The Balaban J connectivity index is 1.86. The van der Waals surface area contributed by atoms with E-state index < -0.39 is 0 Å². The van der Waals surface area contributed by atoms with Crippen molar-refractivity contribution in [2.24, 2.45) is 5.73 Å². The van der Waals surface area contributed by atoms with Crippen molar-refractivity contribution in [2.75, 3.05) is 19.6 Å². The molecule has 2 rings (SSSR count). The van der Waals surface area contributed by atoms with E-state index in [-0.39, 0.29) is 0 Å². The predicted molar refractivity (Wildman–Crippen MR) is 54.7 cm³/mol. The van der Waals surface area contributed by atoms with Crippen molar-refractivity contribution >= 4 is 0 Å². The summed E-state index contributed by atoms with van der Waals surface area (Å²) < 4.78 is 0. The standard InChI is InChI=1S/C10H21N3/c1-8(7-11)12-9-4-6-13-5-2-3-10(9)13/h8-10,12H,2-7,11H2,1H3. The van der Waals surface area contributed by atoms with Crippen LogP contribution in [0.3, 0.4) is 0 Å². The van der Waals surface area contributed by atoms with Gasteiger partial charge in [0.1, 0.15) is 0 Å². The van der Waals surface area contributed by atoms with Crippen LogP contribution in [0.4, 0.5) is 0 Å². The highest BCUT2D eigenvalue weighted by Crippen LogP contribution is 2.27. The number of fused-ring (bicyclic) bond motifs is 1. The minimum atomic E-state index is 0.477. The SMILES string of the molecule is CC(CN)NC1CCN2CCCC12. The summed E-state index contributed by atoms with van der Waals surface area (Å²) in [5.74, 6) is 0. The minimum absolute atomic E-state index is 0.477. The lowest BCUT2D eigenvalue weighted by molar-refractivity contribution is 0.291. The second-order valence-corrected chi connectivity index (χ2v) is 4.44. The Hall–Kier alpha value is -0.120. The summed E-state index contributed by atoms with van der Waals surface area (Å²) in [5.41, 5.74) is 5.61. The van der Waals surface area contributed by atoms with Gasteiger partial charge in [-0.05, 0) is 32.7 Å². The summed E-state index contributed by atoms with van der Waals surface area (Å²) >= 11 is 0. The molecule has 2 saturated heterocycles. The molecule has 0 amide bonds. The maximum Gasteiger partial charge on any atom is 0.0250 e. The number of nitrogens with one attached hydrogen (secondary N) is 1. The first-order valence-corrected chi connectivity index (χ1v) is 5.51. The van der Waals surface area contributed by atoms with E-state index >= 15 is 0 Å². The number of hydrogen-bond donors (Lipinski definition) is 2. The molecule has 0 bridgehead atoms. The third-order valence-corrected chi connectivity index (χ3v) is 3.46. The molecule has 2 fully saturated rings. The van der Waals surface area contributed by atoms with E-state index in [1.54, 1.807) is 0 Å². The number of hydrogen-bond acceptors (Lipinski definition) is 3. The largest absolute Gasteiger partial charge is 0.329 e. The Morgan fingerprint density at radius 2 is 2.31 bits per heavy atom. The second kappa shape index (κ2) is 3.95. The molecule has 3 N–H and O–H groups in total. The first-order chi connectivity index (χ1) is 6.31. The fourth-order valence-corrected chi connectivity index (χ4v) is 2.71. The number of rotatable bonds is 3. The van der Waals surface area contributed by atoms with Crippen molar-refractivity contribution in [3.63, 3.8) is 0 Å². The van der Waals surface area contributed by atoms with Gasteiger partial charge in [-0.3, -0.25) is 4.90 Å². The van der Waals surface area contributed by atoms with Crippen molar-refractivity contribution in [1.29, 1.82) is 0 Å². The van der Waals surface area contributed by atoms with Crippen LogP contribution in [0.1, 0.15) is 26.2 Å². The highest BCUT2D eigenvalue weighted by molar-refractivity contribution is 4.96. The van der Waals surface area contributed by atoms with Crippen LogP contribution in [-0.4, -0.2) is 42.7 Å². The molecule has 0 aromatic rings. The summed E-state index contributed by atoms with van der Waals surface area (Å²) in [6.45, 7) is 5.54. The Morgan fingerprint density at radius 3 is 3.08 bits per heavy atom. The zero-order chi connectivity index (χ0) is 9.26. The van der Waals surface area contributed by atoms with Crippen LogP contribution in [0.2, 0.25) is 0 Å². The average molecular weight is 183 g/mol. The van der Waals surface area contributed by atoms with Gasteiger partial charge in [0, 0.05) is 31.2 Å². The molecule has 2 heterocycles. The lowest BCUT2D eigenvalue weighted by Gasteiger charge is -2.24. The van der Waals surface area contributed by atoms with Crippen LogP contribution in [0.25, 0.3) is 0 Å². The summed E-state index contributed by atoms with van der Waals surface area (Å²) in [7, 11) is 0. The Labute approximate surface area is 80.7 Å². The molecule has 2 aliphatic heterocycles. The van der Waals surface area contributed by atoms with Crippen LogP contribution in [0, 0.1) is 0 Å². The maximum atomic E-state index is 5.61. The highest BCUT2D eigenvalue weighted by atomic mass is 15.2. The summed E-state index contributed by atoms with van der Waals surface area (Å²) in [6, 6.07) is 2.00. The molecular formula is C10H21N3. The van der Waals surface area contributed by atoms with Gasteiger partial charge in [0.15, 0.2) is 0 Å². The molecule has 0 radical (unpaired) electrons. The van der Waals surface area contributed by atoms with E-state index in [1.807, 2.05) is 0 Å². The van der Waals surface area contributed by atoms with Crippen molar-refractivity contribution < 1.29 is 0 Å². The lowest BCUT2D eigenvalue weighted by atomic mass is 10.1. The minimum Gasteiger partial charge on any atom is -0.329 e. The molecular weight excluding hydrogens is 162 g/mol. The van der Waals surface area contributed by atoms with Gasteiger partial charge in [0.25, 0.3) is 0 Å². The van der Waals surface area contributed by atoms with E-state index in [4.69, 9.17) is 5.73 Å². The normalized spacial score (nSPS) is 36.5. The van der Waals surface area contributed by atoms with Gasteiger partial charge in [0.2, 0.25) is 0 Å². The maximum absolute atomic E-state index is 5.61. The zero-order valence-electron chi connectivity index (χ0n) is 8.50. The van der Waals surface area contributed by atoms with Crippen LogP contribution >= 0.6 is 0 Å². The molecule has 0 spiro atoms. The fourth-order valence-electron chi connectivity index (χ4n) is 2.71. The first-order valence-electron chi connectivity index (χ1n) is 5.51. The summed E-state index contributed by atoms with van der Waals surface area (Å²) in [4.78, 5) is 2.63. The third kappa shape index (κ3) is 1.87. The molecule has 76 valence electrons. The molecule has 13 heavy (non-hydrogen) atoms. The molecule has 0 aromatic heterocycles. The molecule has 3 atom stereocenters. The van der Waals surface area contributed by atoms with Crippen LogP contribution in [-0.2, 0) is 0 Å². The van der Waals surface area contributed by atoms with Gasteiger partial charge >= 0.3 is 0 Å². The molecule has 3 heteroatoms. The summed E-state index contributed by atoms with van der Waals surface area (Å²) in [5, 5.41) is 3.63. The predicted octanol–water partition coefficient (Wildman–Crippen LogP) is 0.160. The number of nitrogens with two attached hydrogens (primary N) is 1. The van der Waals surface area contributed by atoms with Crippen LogP contribution in [0.5, 0.6) is 0 Å². The van der Waals surface area contributed by atoms with Gasteiger partial charge in [-0.25, -0.2) is 0 Å². The monoisotopic (exact) mass is 183 g/mol. The third-order valence-electron chi connectivity index (χ3n) is 3.46. The van der Waals surface area contributed by atoms with E-state index in [2.05, 4.69) is 17.1 Å². The zero-order valence-corrected chi connectivity index (χ0v) is 8.50. The average Bonchev–Trinajstić information content (AvgIpc) is 2.69. The van der Waals surface area contributed by atoms with Gasteiger partial charge in [-0.2, -0.15) is 0 Å². The van der Waals surface area contributed by atoms with E-state index in [1.165, 1.54) is 32.4 Å². The molecule has 3 unspecified atom stereocenters. The lowest BCUT2D eigenvalue weighted by Crippen LogP contribution is -2.46. The van der Waals surface area contributed by atoms with E-state index in [9.17, 15) is 0 Å². The van der Waals surface area contributed by atoms with Crippen molar-refractivity contribution in [3.05, 3.63) is 0 Å². The fraction of sp³-hybridized carbons (Fsp3) is 1.00. The van der Waals surface area contributed by atoms with Gasteiger partial charge in [0.05, 0.1) is 0 Å². The number of nitrogens with zero attached hydrogens (tertiary/aromatic N) is 1. The molecule has 0 aliphatic carbocycles. The van der Waals surface area contributed by atoms with Gasteiger partial charge in [-0.1, -0.05) is 0 Å². The van der Waals surface area contributed by atoms with Gasteiger partial charge < -0.3 is 11.1 Å². The summed E-state index contributed by atoms with van der Waals surface area (Å²) in [6.07, 6.45) is 4.09. The Morgan fingerprint density at radius 1 is 1.46 bits per heavy atom. The quantitative estimate of drug-likeness (QED) is 0.655. The van der Waals surface area contributed by atoms with Crippen LogP contribution < -0.4 is 11.1 Å². The van der Waals surface area contributed by atoms with Gasteiger partial charge in [-0.15, -0.1) is 0 Å².